The van der Waals surface area contributed by atoms with E-state index in [-0.39, 0.29) is 11.7 Å². The number of hydrogen-bond acceptors (Lipinski definition) is 1. The van der Waals surface area contributed by atoms with Crippen molar-refractivity contribution in [2.45, 2.75) is 12.8 Å². The van der Waals surface area contributed by atoms with E-state index in [4.69, 9.17) is 4.74 Å². The van der Waals surface area contributed by atoms with Crippen LogP contribution in [0.25, 0.3) is 0 Å². The van der Waals surface area contributed by atoms with E-state index in [1.54, 1.807) is 6.07 Å². The molecule has 0 aromatic heterocycles. The van der Waals surface area contributed by atoms with E-state index in [1.807, 2.05) is 13.0 Å². The topological polar surface area (TPSA) is 9.23 Å². The average Bonchev–Trinajstić information content (AvgIpc) is 2.03. The maximum Gasteiger partial charge on any atom is 0.165 e. The molecule has 1 aromatic carbocycles. The van der Waals surface area contributed by atoms with E-state index in [1.165, 1.54) is 13.2 Å². The monoisotopic (exact) mass is 167 g/mol. The van der Waals surface area contributed by atoms with Crippen molar-refractivity contribution in [1.29, 1.82) is 0 Å². The highest BCUT2D eigenvalue weighted by molar-refractivity contribution is 5.37. The van der Waals surface area contributed by atoms with Gasteiger partial charge in [-0.05, 0) is 24.5 Å². The van der Waals surface area contributed by atoms with Crippen molar-refractivity contribution in [3.8, 4) is 5.75 Å². The Labute approximate surface area is 72.2 Å². The van der Waals surface area contributed by atoms with Crippen molar-refractivity contribution < 1.29 is 9.13 Å². The second-order valence-electron chi connectivity index (χ2n) is 2.76. The molecule has 0 spiro atoms. The van der Waals surface area contributed by atoms with Gasteiger partial charge in [0.25, 0.3) is 0 Å². The molecule has 1 rings (SSSR count). The fraction of sp³-hybridized carbons (Fsp3) is 0.300. The molecule has 0 aliphatic carbocycles. The van der Waals surface area contributed by atoms with Crippen molar-refractivity contribution in [3.05, 3.63) is 36.5 Å². The van der Waals surface area contributed by atoms with Crippen molar-refractivity contribution in [2.24, 2.45) is 0 Å². The first-order chi connectivity index (χ1) is 5.66. The summed E-state index contributed by atoms with van der Waals surface area (Å²) in [6, 6.07) is 4.86. The van der Waals surface area contributed by atoms with E-state index in [2.05, 4.69) is 6.92 Å². The minimum Gasteiger partial charge on any atom is -0.493 e. The van der Waals surface area contributed by atoms with Crippen LogP contribution < -0.4 is 4.74 Å². The third kappa shape index (κ3) is 1.58. The molecule has 1 radical (unpaired) electrons. The highest BCUT2D eigenvalue weighted by Gasteiger charge is 2.10. The minimum absolute atomic E-state index is 0.0376. The summed E-state index contributed by atoms with van der Waals surface area (Å²) in [5, 5.41) is 0. The zero-order chi connectivity index (χ0) is 9.14. The van der Waals surface area contributed by atoms with Crippen LogP contribution in [0.4, 0.5) is 4.39 Å². The third-order valence-corrected chi connectivity index (χ3v) is 1.73. The lowest BCUT2D eigenvalue weighted by Gasteiger charge is -2.11. The lowest BCUT2D eigenvalue weighted by atomic mass is 10.0. The molecule has 0 saturated heterocycles. The summed E-state index contributed by atoms with van der Waals surface area (Å²) in [5.41, 5.74) is 0.803. The largest absolute Gasteiger partial charge is 0.493 e. The van der Waals surface area contributed by atoms with Gasteiger partial charge in [-0.3, -0.25) is 0 Å². The Bertz CT molecular complexity index is 269. The van der Waals surface area contributed by atoms with Gasteiger partial charge in [-0.2, -0.15) is 0 Å². The smallest absolute Gasteiger partial charge is 0.165 e. The molecule has 0 bridgehead atoms. The van der Waals surface area contributed by atoms with Crippen molar-refractivity contribution in [3.63, 3.8) is 0 Å². The molecule has 65 valence electrons. The van der Waals surface area contributed by atoms with E-state index in [0.717, 1.165) is 5.56 Å². The lowest BCUT2D eigenvalue weighted by molar-refractivity contribution is 0.380. The van der Waals surface area contributed by atoms with Gasteiger partial charge >= 0.3 is 0 Å². The Morgan fingerprint density at radius 2 is 2.17 bits per heavy atom. The fourth-order valence-corrected chi connectivity index (χ4v) is 1.13. The normalized spacial score (nSPS) is 10.4. The van der Waals surface area contributed by atoms with Crippen LogP contribution in [0, 0.1) is 12.7 Å². The molecular formula is C10H12FO. The summed E-state index contributed by atoms with van der Waals surface area (Å²) >= 11 is 0. The lowest BCUT2D eigenvalue weighted by Crippen LogP contribution is -1.96. The summed E-state index contributed by atoms with van der Waals surface area (Å²) in [4.78, 5) is 0. The first kappa shape index (κ1) is 9.04. The third-order valence-electron chi connectivity index (χ3n) is 1.73. The number of ether oxygens (including phenoxy) is 1. The van der Waals surface area contributed by atoms with E-state index < -0.39 is 0 Å². The highest BCUT2D eigenvalue weighted by atomic mass is 19.1. The van der Waals surface area contributed by atoms with Gasteiger partial charge in [-0.15, -0.1) is 0 Å². The van der Waals surface area contributed by atoms with E-state index in [9.17, 15) is 4.39 Å². The number of para-hydroxylation sites is 1. The van der Waals surface area contributed by atoms with Crippen LogP contribution in [0.2, 0.25) is 0 Å². The highest BCUT2D eigenvalue weighted by Crippen LogP contribution is 2.28. The molecular weight excluding hydrogens is 155 g/mol. The number of methoxy groups -OCH3 is 1. The second kappa shape index (κ2) is 3.57. The maximum absolute atomic E-state index is 13.1. The van der Waals surface area contributed by atoms with E-state index >= 15 is 0 Å². The number of halogens is 1. The molecule has 1 nitrogen and oxygen atoms in total. The molecule has 1 aromatic rings. The zero-order valence-corrected chi connectivity index (χ0v) is 7.30. The zero-order valence-electron chi connectivity index (χ0n) is 7.30. The molecule has 1 atom stereocenters. The molecule has 0 N–H and O–H groups in total. The summed E-state index contributed by atoms with van der Waals surface area (Å²) in [6.45, 7) is 5.71. The number of hydrogen-bond donors (Lipinski definition) is 0. The molecule has 2 heteroatoms. The summed E-state index contributed by atoms with van der Waals surface area (Å²) < 4.78 is 18.0. The average molecular weight is 167 g/mol. The summed E-state index contributed by atoms with van der Waals surface area (Å²) in [6.07, 6.45) is 0. The Hall–Kier alpha value is -1.05. The standard InChI is InChI=1S/C10H12FO/c1-7(2)8-5-4-6-9(11)10(8)12-3/h4-7H,1H2,2-3H3. The predicted octanol–water partition coefficient (Wildman–Crippen LogP) is 2.77. The number of rotatable bonds is 2. The molecule has 0 fully saturated rings. The Kier molecular flexibility index (Phi) is 2.69. The Morgan fingerprint density at radius 1 is 1.50 bits per heavy atom. The summed E-state index contributed by atoms with van der Waals surface area (Å²) in [5.74, 6) is 0.0150. The molecule has 0 aliphatic rings. The van der Waals surface area contributed by atoms with Crippen molar-refractivity contribution in [2.75, 3.05) is 7.11 Å². The maximum atomic E-state index is 13.1. The molecule has 0 heterocycles. The quantitative estimate of drug-likeness (QED) is 0.658. The van der Waals surface area contributed by atoms with Crippen LogP contribution in [-0.4, -0.2) is 7.11 Å². The van der Waals surface area contributed by atoms with Gasteiger partial charge in [0.2, 0.25) is 0 Å². The fourth-order valence-electron chi connectivity index (χ4n) is 1.13. The van der Waals surface area contributed by atoms with Crippen LogP contribution in [0.15, 0.2) is 18.2 Å². The van der Waals surface area contributed by atoms with Gasteiger partial charge < -0.3 is 4.74 Å². The molecule has 1 unspecified atom stereocenters. The molecule has 0 aliphatic heterocycles. The van der Waals surface area contributed by atoms with Gasteiger partial charge in [-0.25, -0.2) is 4.39 Å². The molecule has 0 saturated carbocycles. The molecule has 12 heavy (non-hydrogen) atoms. The van der Waals surface area contributed by atoms with E-state index in [0.29, 0.717) is 5.75 Å². The van der Waals surface area contributed by atoms with Gasteiger partial charge in [0.1, 0.15) is 0 Å². The second-order valence-corrected chi connectivity index (χ2v) is 2.76. The van der Waals surface area contributed by atoms with Crippen LogP contribution in [0.3, 0.4) is 0 Å². The van der Waals surface area contributed by atoms with Gasteiger partial charge in [0, 0.05) is 0 Å². The first-order valence-corrected chi connectivity index (χ1v) is 3.82. The van der Waals surface area contributed by atoms with Crippen LogP contribution in [-0.2, 0) is 0 Å². The van der Waals surface area contributed by atoms with Crippen molar-refractivity contribution >= 4 is 0 Å². The Morgan fingerprint density at radius 3 is 2.58 bits per heavy atom. The SMILES string of the molecule is [CH2]C(C)c1cccc(F)c1OC. The predicted molar refractivity (Wildman–Crippen MR) is 46.7 cm³/mol. The molecule has 0 amide bonds. The van der Waals surface area contributed by atoms with Crippen LogP contribution in [0.5, 0.6) is 5.75 Å². The van der Waals surface area contributed by atoms with Gasteiger partial charge in [0.15, 0.2) is 11.6 Å². The Balaban J connectivity index is 3.18. The summed E-state index contributed by atoms with van der Waals surface area (Å²) in [7, 11) is 1.46. The minimum atomic E-state index is -0.328. The van der Waals surface area contributed by atoms with Gasteiger partial charge in [-0.1, -0.05) is 19.1 Å². The first-order valence-electron chi connectivity index (χ1n) is 3.82. The van der Waals surface area contributed by atoms with Gasteiger partial charge in [0.05, 0.1) is 7.11 Å². The van der Waals surface area contributed by atoms with Crippen LogP contribution >= 0.6 is 0 Å². The van der Waals surface area contributed by atoms with Crippen molar-refractivity contribution in [1.82, 2.24) is 0 Å². The number of benzene rings is 1. The van der Waals surface area contributed by atoms with Crippen LogP contribution in [0.1, 0.15) is 18.4 Å².